The summed E-state index contributed by atoms with van der Waals surface area (Å²) in [6.45, 7) is 2.91. The molecular weight excluding hydrogens is 322 g/mol. The topological polar surface area (TPSA) is 46.1 Å². The molecule has 1 aliphatic heterocycles. The summed E-state index contributed by atoms with van der Waals surface area (Å²) >= 11 is 6.07. The Balaban J connectivity index is 1.40. The van der Waals surface area contributed by atoms with Crippen LogP contribution in [0.2, 0.25) is 5.02 Å². The number of rotatable bonds is 3. The SMILES string of the molecule is CC1CCN1C(=O)c1cnc(CC2Cc3ccc(Cl)cc3C2)nc1. The normalized spacial score (nSPS) is 22.2. The van der Waals surface area contributed by atoms with Crippen molar-refractivity contribution in [3.8, 4) is 0 Å². The minimum atomic E-state index is 0.0446. The minimum Gasteiger partial charge on any atom is -0.336 e. The summed E-state index contributed by atoms with van der Waals surface area (Å²) in [6.07, 6.45) is 7.33. The van der Waals surface area contributed by atoms with Crippen molar-refractivity contribution in [3.63, 3.8) is 0 Å². The molecule has 2 aromatic rings. The highest BCUT2D eigenvalue weighted by molar-refractivity contribution is 6.30. The molecule has 24 heavy (non-hydrogen) atoms. The summed E-state index contributed by atoms with van der Waals surface area (Å²) in [5, 5.41) is 0.800. The van der Waals surface area contributed by atoms with E-state index in [1.807, 2.05) is 11.0 Å². The number of nitrogens with zero attached hydrogens (tertiary/aromatic N) is 3. The summed E-state index contributed by atoms with van der Waals surface area (Å²) in [7, 11) is 0. The fourth-order valence-electron chi connectivity index (χ4n) is 3.63. The van der Waals surface area contributed by atoms with Crippen molar-refractivity contribution in [1.29, 1.82) is 0 Å². The first-order valence-corrected chi connectivity index (χ1v) is 8.87. The fourth-order valence-corrected chi connectivity index (χ4v) is 3.83. The molecule has 0 spiro atoms. The zero-order valence-electron chi connectivity index (χ0n) is 13.7. The van der Waals surface area contributed by atoms with E-state index >= 15 is 0 Å². The van der Waals surface area contributed by atoms with E-state index in [0.29, 0.717) is 17.5 Å². The van der Waals surface area contributed by atoms with Gasteiger partial charge in [0.25, 0.3) is 5.91 Å². The third-order valence-corrected chi connectivity index (χ3v) is 5.42. The van der Waals surface area contributed by atoms with Gasteiger partial charge < -0.3 is 4.90 Å². The van der Waals surface area contributed by atoms with Crippen LogP contribution in [0.15, 0.2) is 30.6 Å². The minimum absolute atomic E-state index is 0.0446. The van der Waals surface area contributed by atoms with Crippen LogP contribution < -0.4 is 0 Å². The molecule has 1 amide bonds. The molecule has 2 atom stereocenters. The molecule has 1 fully saturated rings. The highest BCUT2D eigenvalue weighted by atomic mass is 35.5. The fraction of sp³-hybridized carbons (Fsp3) is 0.421. The van der Waals surface area contributed by atoms with Gasteiger partial charge in [0.15, 0.2) is 0 Å². The highest BCUT2D eigenvalue weighted by Gasteiger charge is 2.29. The number of aromatic nitrogens is 2. The Morgan fingerprint density at radius 1 is 1.25 bits per heavy atom. The molecular formula is C19H20ClN3O. The molecule has 1 aromatic heterocycles. The molecule has 0 bridgehead atoms. The lowest BCUT2D eigenvalue weighted by Gasteiger charge is -2.38. The molecule has 2 unspecified atom stereocenters. The first-order valence-electron chi connectivity index (χ1n) is 8.49. The van der Waals surface area contributed by atoms with Gasteiger partial charge in [-0.05, 0) is 55.4 Å². The molecule has 0 N–H and O–H groups in total. The lowest BCUT2D eigenvalue weighted by Crippen LogP contribution is -2.49. The highest BCUT2D eigenvalue weighted by Crippen LogP contribution is 2.30. The number of carbonyl (C=O) groups excluding carboxylic acids is 1. The predicted molar refractivity (Wildman–Crippen MR) is 93.2 cm³/mol. The third kappa shape index (κ3) is 2.91. The summed E-state index contributed by atoms with van der Waals surface area (Å²) in [5.74, 6) is 1.37. The Kier molecular flexibility index (Phi) is 4.01. The van der Waals surface area contributed by atoms with Crippen molar-refractivity contribution in [2.45, 2.75) is 38.6 Å². The lowest BCUT2D eigenvalue weighted by atomic mass is 10.0. The lowest BCUT2D eigenvalue weighted by molar-refractivity contribution is 0.0501. The van der Waals surface area contributed by atoms with Gasteiger partial charge in [0.1, 0.15) is 5.82 Å². The van der Waals surface area contributed by atoms with Crippen LogP contribution in [0.25, 0.3) is 0 Å². The van der Waals surface area contributed by atoms with Gasteiger partial charge in [-0.2, -0.15) is 0 Å². The molecule has 1 aromatic carbocycles. The second kappa shape index (κ2) is 6.17. The second-order valence-corrected chi connectivity index (χ2v) is 7.35. The number of hydrogen-bond acceptors (Lipinski definition) is 3. The zero-order chi connectivity index (χ0) is 16.7. The predicted octanol–water partition coefficient (Wildman–Crippen LogP) is 3.32. The van der Waals surface area contributed by atoms with Crippen molar-refractivity contribution in [2.24, 2.45) is 5.92 Å². The quantitative estimate of drug-likeness (QED) is 0.860. The van der Waals surface area contributed by atoms with Crippen molar-refractivity contribution in [3.05, 3.63) is 58.1 Å². The third-order valence-electron chi connectivity index (χ3n) is 5.19. The molecule has 2 heterocycles. The van der Waals surface area contributed by atoms with E-state index in [-0.39, 0.29) is 5.91 Å². The van der Waals surface area contributed by atoms with Crippen LogP contribution in [-0.4, -0.2) is 33.4 Å². The zero-order valence-corrected chi connectivity index (χ0v) is 14.5. The molecule has 4 nitrogen and oxygen atoms in total. The Hall–Kier alpha value is -1.94. The van der Waals surface area contributed by atoms with Gasteiger partial charge >= 0.3 is 0 Å². The number of hydrogen-bond donors (Lipinski definition) is 0. The van der Waals surface area contributed by atoms with Crippen LogP contribution in [0.1, 0.15) is 40.7 Å². The molecule has 1 saturated heterocycles. The monoisotopic (exact) mass is 341 g/mol. The number of halogens is 1. The van der Waals surface area contributed by atoms with E-state index < -0.39 is 0 Å². The molecule has 1 aliphatic carbocycles. The van der Waals surface area contributed by atoms with E-state index in [1.165, 1.54) is 11.1 Å². The maximum absolute atomic E-state index is 12.3. The molecule has 5 heteroatoms. The van der Waals surface area contributed by atoms with Gasteiger partial charge in [0, 0.05) is 36.4 Å². The Labute approximate surface area is 146 Å². The Morgan fingerprint density at radius 2 is 2.00 bits per heavy atom. The van der Waals surface area contributed by atoms with Crippen molar-refractivity contribution >= 4 is 17.5 Å². The Morgan fingerprint density at radius 3 is 2.67 bits per heavy atom. The number of amides is 1. The molecule has 0 radical (unpaired) electrons. The summed E-state index contributed by atoms with van der Waals surface area (Å²) in [6, 6.07) is 6.47. The van der Waals surface area contributed by atoms with E-state index in [0.717, 1.165) is 43.1 Å². The maximum atomic E-state index is 12.3. The largest absolute Gasteiger partial charge is 0.336 e. The number of carbonyl (C=O) groups is 1. The van der Waals surface area contributed by atoms with Crippen LogP contribution in [0.5, 0.6) is 0 Å². The van der Waals surface area contributed by atoms with E-state index in [9.17, 15) is 4.79 Å². The average molecular weight is 342 g/mol. The van der Waals surface area contributed by atoms with Crippen molar-refractivity contribution in [1.82, 2.24) is 14.9 Å². The van der Waals surface area contributed by atoms with Gasteiger partial charge in [0.2, 0.25) is 0 Å². The number of fused-ring (bicyclic) bond motifs is 1. The average Bonchev–Trinajstić information content (AvgIpc) is 2.95. The summed E-state index contributed by atoms with van der Waals surface area (Å²) < 4.78 is 0. The number of likely N-dealkylation sites (tertiary alicyclic amines) is 1. The van der Waals surface area contributed by atoms with E-state index in [1.54, 1.807) is 12.4 Å². The molecule has 2 aliphatic rings. The van der Waals surface area contributed by atoms with Gasteiger partial charge in [-0.1, -0.05) is 17.7 Å². The van der Waals surface area contributed by atoms with Crippen LogP contribution in [0.3, 0.4) is 0 Å². The maximum Gasteiger partial charge on any atom is 0.257 e. The summed E-state index contributed by atoms with van der Waals surface area (Å²) in [5.41, 5.74) is 3.31. The van der Waals surface area contributed by atoms with Gasteiger partial charge in [-0.15, -0.1) is 0 Å². The molecule has 4 rings (SSSR count). The summed E-state index contributed by atoms with van der Waals surface area (Å²) in [4.78, 5) is 23.0. The van der Waals surface area contributed by atoms with E-state index in [2.05, 4.69) is 29.0 Å². The standard InChI is InChI=1S/C19H20ClN3O/c1-12-4-5-23(12)19(24)16-10-21-18(22-11-16)8-13-6-14-2-3-17(20)9-15(14)7-13/h2-3,9-13H,4-8H2,1H3. The van der Waals surface area contributed by atoms with Crippen LogP contribution in [0, 0.1) is 5.92 Å². The van der Waals surface area contributed by atoms with Crippen LogP contribution in [0.4, 0.5) is 0 Å². The van der Waals surface area contributed by atoms with Gasteiger partial charge in [0.05, 0.1) is 5.56 Å². The van der Waals surface area contributed by atoms with E-state index in [4.69, 9.17) is 11.6 Å². The van der Waals surface area contributed by atoms with Crippen molar-refractivity contribution in [2.75, 3.05) is 6.54 Å². The smallest absolute Gasteiger partial charge is 0.257 e. The van der Waals surface area contributed by atoms with Crippen LogP contribution >= 0.6 is 11.6 Å². The first-order chi connectivity index (χ1) is 11.6. The van der Waals surface area contributed by atoms with Gasteiger partial charge in [-0.3, -0.25) is 4.79 Å². The van der Waals surface area contributed by atoms with Crippen LogP contribution in [-0.2, 0) is 19.3 Å². The van der Waals surface area contributed by atoms with Crippen molar-refractivity contribution < 1.29 is 4.79 Å². The second-order valence-electron chi connectivity index (χ2n) is 6.92. The number of benzene rings is 1. The van der Waals surface area contributed by atoms with Gasteiger partial charge in [-0.25, -0.2) is 9.97 Å². The first kappa shape index (κ1) is 15.6. The molecule has 124 valence electrons. The Bertz CT molecular complexity index is 775. The molecule has 0 saturated carbocycles.